The molecule has 1 aromatic carbocycles. The highest BCUT2D eigenvalue weighted by atomic mass is 19.4. The van der Waals surface area contributed by atoms with E-state index in [0.29, 0.717) is 6.54 Å². The van der Waals surface area contributed by atoms with Crippen molar-refractivity contribution < 1.29 is 13.2 Å². The zero-order chi connectivity index (χ0) is 20.3. The third-order valence-corrected chi connectivity index (χ3v) is 4.67. The van der Waals surface area contributed by atoms with Crippen LogP contribution in [0.3, 0.4) is 0 Å². The Morgan fingerprint density at radius 2 is 2.04 bits per heavy atom. The molecule has 28 heavy (non-hydrogen) atoms. The van der Waals surface area contributed by atoms with Crippen LogP contribution >= 0.6 is 0 Å². The van der Waals surface area contributed by atoms with E-state index in [2.05, 4.69) is 20.2 Å². The monoisotopic (exact) mass is 394 g/mol. The molecule has 0 spiro atoms. The van der Waals surface area contributed by atoms with Crippen molar-refractivity contribution in [2.45, 2.75) is 44.8 Å². The predicted octanol–water partition coefficient (Wildman–Crippen LogP) is 3.70. The van der Waals surface area contributed by atoms with Gasteiger partial charge in [0, 0.05) is 42.3 Å². The summed E-state index contributed by atoms with van der Waals surface area (Å²) in [6.45, 7) is 3.58. The second kappa shape index (κ2) is 8.22. The Morgan fingerprint density at radius 3 is 2.71 bits per heavy atom. The Hall–Kier alpha value is -2.55. The van der Waals surface area contributed by atoms with Gasteiger partial charge in [-0.3, -0.25) is 0 Å². The summed E-state index contributed by atoms with van der Waals surface area (Å²) >= 11 is 0. The van der Waals surface area contributed by atoms with Crippen LogP contribution in [0.5, 0.6) is 0 Å². The van der Waals surface area contributed by atoms with Crippen LogP contribution in [0.2, 0.25) is 0 Å². The fraction of sp³-hybridized carbons (Fsp3) is 0.474. The zero-order valence-electron chi connectivity index (χ0n) is 15.8. The van der Waals surface area contributed by atoms with E-state index < -0.39 is 11.7 Å². The molecular formula is C19H25F3N6. The Labute approximate surface area is 162 Å². The van der Waals surface area contributed by atoms with Crippen molar-refractivity contribution in [1.82, 2.24) is 9.97 Å². The van der Waals surface area contributed by atoms with Crippen LogP contribution in [0, 0.1) is 0 Å². The van der Waals surface area contributed by atoms with Crippen LogP contribution < -0.4 is 21.7 Å². The molecule has 9 heteroatoms. The molecule has 1 aliphatic rings. The molecule has 0 saturated carbocycles. The fourth-order valence-corrected chi connectivity index (χ4v) is 3.31. The van der Waals surface area contributed by atoms with Gasteiger partial charge in [-0.2, -0.15) is 18.2 Å². The molecule has 3 rings (SSSR count). The summed E-state index contributed by atoms with van der Waals surface area (Å²) in [5.74, 6) is 1.00. The minimum atomic E-state index is -4.53. The highest BCUT2D eigenvalue weighted by Gasteiger charge is 2.33. The molecule has 0 bridgehead atoms. The largest absolute Gasteiger partial charge is 0.418 e. The highest BCUT2D eigenvalue weighted by Crippen LogP contribution is 2.35. The minimum Gasteiger partial charge on any atom is -0.398 e. The molecule has 0 amide bonds. The summed E-state index contributed by atoms with van der Waals surface area (Å²) in [6, 6.07) is 5.70. The summed E-state index contributed by atoms with van der Waals surface area (Å²) in [5.41, 5.74) is 11.4. The average molecular weight is 394 g/mol. The van der Waals surface area contributed by atoms with Gasteiger partial charge in [0.15, 0.2) is 0 Å². The molecule has 0 radical (unpaired) electrons. The second-order valence-electron chi connectivity index (χ2n) is 7.06. The number of anilines is 4. The topological polar surface area (TPSA) is 93.1 Å². The van der Waals surface area contributed by atoms with Crippen molar-refractivity contribution in [3.05, 3.63) is 35.5 Å². The molecule has 2 aromatic rings. The lowest BCUT2D eigenvalue weighted by molar-refractivity contribution is -0.136. The van der Waals surface area contributed by atoms with Gasteiger partial charge in [-0.15, -0.1) is 0 Å². The molecule has 2 heterocycles. The van der Waals surface area contributed by atoms with E-state index in [1.54, 1.807) is 0 Å². The lowest BCUT2D eigenvalue weighted by Gasteiger charge is -2.32. The van der Waals surface area contributed by atoms with E-state index in [4.69, 9.17) is 11.5 Å². The standard InChI is InChI=1S/C19H25F3N6/c1-2-4-13-10-17(28-8-3-5-12(23)11-28)27-18(25-13)26-14-6-7-16(24)15(9-14)19(20,21)22/h6-7,9-10,12H,2-5,8,11,23-24H2,1H3,(H,25,26,27)/t12-/m1/s1. The number of nitrogens with two attached hydrogens (primary N) is 2. The number of benzene rings is 1. The van der Waals surface area contributed by atoms with E-state index >= 15 is 0 Å². The molecule has 1 atom stereocenters. The van der Waals surface area contributed by atoms with Crippen molar-refractivity contribution >= 4 is 23.1 Å². The summed E-state index contributed by atoms with van der Waals surface area (Å²) < 4.78 is 39.4. The third-order valence-electron chi connectivity index (χ3n) is 4.67. The normalized spacial score (nSPS) is 17.6. The highest BCUT2D eigenvalue weighted by molar-refractivity contribution is 5.63. The van der Waals surface area contributed by atoms with Gasteiger partial charge < -0.3 is 21.7 Å². The first kappa shape index (κ1) is 20.2. The second-order valence-corrected chi connectivity index (χ2v) is 7.06. The minimum absolute atomic E-state index is 0.0844. The van der Waals surface area contributed by atoms with E-state index in [1.165, 1.54) is 12.1 Å². The number of hydrogen-bond acceptors (Lipinski definition) is 6. The maximum Gasteiger partial charge on any atom is 0.418 e. The van der Waals surface area contributed by atoms with Crippen LogP contribution in [0.25, 0.3) is 0 Å². The number of aryl methyl sites for hydroxylation is 1. The van der Waals surface area contributed by atoms with Crippen molar-refractivity contribution in [2.75, 3.05) is 29.0 Å². The zero-order valence-corrected chi connectivity index (χ0v) is 15.8. The van der Waals surface area contributed by atoms with Gasteiger partial charge in [0.1, 0.15) is 5.82 Å². The molecule has 1 aromatic heterocycles. The lowest BCUT2D eigenvalue weighted by atomic mass is 10.1. The molecule has 6 nitrogen and oxygen atoms in total. The lowest BCUT2D eigenvalue weighted by Crippen LogP contribution is -2.43. The van der Waals surface area contributed by atoms with Gasteiger partial charge in [0.25, 0.3) is 0 Å². The predicted molar refractivity (Wildman–Crippen MR) is 105 cm³/mol. The molecule has 0 aliphatic carbocycles. The van der Waals surface area contributed by atoms with Crippen molar-refractivity contribution in [3.63, 3.8) is 0 Å². The van der Waals surface area contributed by atoms with Crippen LogP contribution in [0.15, 0.2) is 24.3 Å². The van der Waals surface area contributed by atoms with Gasteiger partial charge in [0.05, 0.1) is 5.56 Å². The molecular weight excluding hydrogens is 369 g/mol. The Kier molecular flexibility index (Phi) is 5.93. The fourth-order valence-electron chi connectivity index (χ4n) is 3.31. The van der Waals surface area contributed by atoms with E-state index in [-0.39, 0.29) is 23.4 Å². The summed E-state index contributed by atoms with van der Waals surface area (Å²) in [6.07, 6.45) is -0.930. The number of aromatic nitrogens is 2. The number of nitrogen functional groups attached to an aromatic ring is 1. The van der Waals surface area contributed by atoms with Gasteiger partial charge in [-0.1, -0.05) is 13.3 Å². The molecule has 1 saturated heterocycles. The van der Waals surface area contributed by atoms with E-state index in [1.807, 2.05) is 13.0 Å². The van der Waals surface area contributed by atoms with Crippen LogP contribution in [0.1, 0.15) is 37.4 Å². The number of alkyl halides is 3. The molecule has 0 unspecified atom stereocenters. The van der Waals surface area contributed by atoms with Crippen LogP contribution in [-0.2, 0) is 12.6 Å². The summed E-state index contributed by atoms with van der Waals surface area (Å²) in [4.78, 5) is 11.1. The first-order valence-electron chi connectivity index (χ1n) is 9.38. The number of nitrogens with zero attached hydrogens (tertiary/aromatic N) is 3. The first-order chi connectivity index (χ1) is 13.3. The number of piperidine rings is 1. The van der Waals surface area contributed by atoms with E-state index in [9.17, 15) is 13.2 Å². The van der Waals surface area contributed by atoms with E-state index in [0.717, 1.165) is 49.8 Å². The van der Waals surface area contributed by atoms with Gasteiger partial charge >= 0.3 is 6.18 Å². The maximum absolute atomic E-state index is 13.1. The molecule has 1 aliphatic heterocycles. The van der Waals surface area contributed by atoms with Crippen molar-refractivity contribution in [1.29, 1.82) is 0 Å². The average Bonchev–Trinajstić information content (AvgIpc) is 2.62. The van der Waals surface area contributed by atoms with Crippen molar-refractivity contribution in [2.24, 2.45) is 5.73 Å². The number of nitrogens with one attached hydrogen (secondary N) is 1. The quantitative estimate of drug-likeness (QED) is 0.670. The molecule has 1 fully saturated rings. The van der Waals surface area contributed by atoms with Gasteiger partial charge in [-0.25, -0.2) is 4.98 Å². The first-order valence-corrected chi connectivity index (χ1v) is 9.38. The SMILES string of the molecule is CCCc1cc(N2CCC[C@@H](N)C2)nc(Nc2ccc(N)c(C(F)(F)F)c2)n1. The van der Waals surface area contributed by atoms with Crippen LogP contribution in [0.4, 0.5) is 36.3 Å². The number of hydrogen-bond donors (Lipinski definition) is 3. The van der Waals surface area contributed by atoms with Crippen LogP contribution in [-0.4, -0.2) is 29.1 Å². The van der Waals surface area contributed by atoms with Crippen molar-refractivity contribution in [3.8, 4) is 0 Å². The van der Waals surface area contributed by atoms with Gasteiger partial charge in [0.2, 0.25) is 5.95 Å². The summed E-state index contributed by atoms with van der Waals surface area (Å²) in [7, 11) is 0. The molecule has 152 valence electrons. The maximum atomic E-state index is 13.1. The Balaban J connectivity index is 1.91. The smallest absolute Gasteiger partial charge is 0.398 e. The third kappa shape index (κ3) is 4.83. The number of halogens is 3. The van der Waals surface area contributed by atoms with Gasteiger partial charge in [-0.05, 0) is 37.5 Å². The number of rotatable bonds is 5. The Morgan fingerprint density at radius 1 is 1.25 bits per heavy atom. The Bertz CT molecular complexity index is 824. The molecule has 5 N–H and O–H groups in total. The summed E-state index contributed by atoms with van der Waals surface area (Å²) in [5, 5.41) is 2.90.